The lowest BCUT2D eigenvalue weighted by molar-refractivity contribution is -0.138. The third-order valence-electron chi connectivity index (χ3n) is 1.89. The molecule has 0 saturated heterocycles. The first-order valence-corrected chi connectivity index (χ1v) is 4.61. The van der Waals surface area contributed by atoms with Gasteiger partial charge in [0.15, 0.2) is 0 Å². The average Bonchev–Trinajstić information content (AvgIpc) is 2.11. The van der Waals surface area contributed by atoms with Crippen molar-refractivity contribution < 1.29 is 14.7 Å². The second kappa shape index (κ2) is 6.37. The van der Waals surface area contributed by atoms with Gasteiger partial charge in [0.25, 0.3) is 0 Å². The molecule has 1 amide bonds. The van der Waals surface area contributed by atoms with Crippen molar-refractivity contribution in [1.82, 2.24) is 10.2 Å². The fraction of sp³-hybridized carbons (Fsp3) is 0.778. The first-order chi connectivity index (χ1) is 6.45. The molecule has 0 aliphatic rings. The highest BCUT2D eigenvalue weighted by molar-refractivity contribution is 5.75. The van der Waals surface area contributed by atoms with Crippen LogP contribution in [-0.2, 0) is 9.59 Å². The number of carbonyl (C=O) groups is 2. The molecule has 5 nitrogen and oxygen atoms in total. The quantitative estimate of drug-likeness (QED) is 0.591. The lowest BCUT2D eigenvalue weighted by Crippen LogP contribution is -2.34. The van der Waals surface area contributed by atoms with E-state index in [2.05, 4.69) is 5.32 Å². The van der Waals surface area contributed by atoms with Crippen LogP contribution in [-0.4, -0.2) is 48.6 Å². The van der Waals surface area contributed by atoms with E-state index in [1.54, 1.807) is 21.0 Å². The molecule has 0 bridgehead atoms. The van der Waals surface area contributed by atoms with Gasteiger partial charge in [-0.15, -0.1) is 0 Å². The zero-order chi connectivity index (χ0) is 11.1. The van der Waals surface area contributed by atoms with E-state index in [1.165, 1.54) is 4.90 Å². The SMILES string of the molecule is C[C@@H](NCCCC(=O)N(C)C)C(=O)O. The Morgan fingerprint density at radius 3 is 2.43 bits per heavy atom. The summed E-state index contributed by atoms with van der Waals surface area (Å²) in [5.74, 6) is -0.807. The minimum Gasteiger partial charge on any atom is -0.480 e. The molecule has 0 radical (unpaired) electrons. The molecule has 0 fully saturated rings. The maximum absolute atomic E-state index is 11.1. The molecule has 0 spiro atoms. The summed E-state index contributed by atoms with van der Waals surface area (Å²) in [6, 6.07) is -0.551. The van der Waals surface area contributed by atoms with Crippen LogP contribution in [0.1, 0.15) is 19.8 Å². The molecule has 0 aromatic heterocycles. The molecule has 0 rings (SSSR count). The summed E-state index contributed by atoms with van der Waals surface area (Å²) >= 11 is 0. The molecule has 0 heterocycles. The van der Waals surface area contributed by atoms with Gasteiger partial charge in [0.1, 0.15) is 6.04 Å². The van der Waals surface area contributed by atoms with Crippen molar-refractivity contribution in [3.63, 3.8) is 0 Å². The van der Waals surface area contributed by atoms with E-state index in [9.17, 15) is 9.59 Å². The van der Waals surface area contributed by atoms with E-state index in [1.807, 2.05) is 0 Å². The van der Waals surface area contributed by atoms with Crippen molar-refractivity contribution in [3.05, 3.63) is 0 Å². The molecule has 0 aliphatic heterocycles. The maximum Gasteiger partial charge on any atom is 0.320 e. The minimum atomic E-state index is -0.871. The number of carboxylic acids is 1. The van der Waals surface area contributed by atoms with Gasteiger partial charge in [0.05, 0.1) is 0 Å². The summed E-state index contributed by atoms with van der Waals surface area (Å²) < 4.78 is 0. The topological polar surface area (TPSA) is 69.6 Å². The second-order valence-corrected chi connectivity index (χ2v) is 3.41. The highest BCUT2D eigenvalue weighted by Gasteiger charge is 2.09. The predicted octanol–water partition coefficient (Wildman–Crippen LogP) is -0.0825. The van der Waals surface area contributed by atoms with Crippen molar-refractivity contribution in [1.29, 1.82) is 0 Å². The first-order valence-electron chi connectivity index (χ1n) is 4.61. The van der Waals surface area contributed by atoms with Crippen LogP contribution in [0.5, 0.6) is 0 Å². The number of nitrogens with zero attached hydrogens (tertiary/aromatic N) is 1. The van der Waals surface area contributed by atoms with Crippen LogP contribution < -0.4 is 5.32 Å². The number of amides is 1. The molecular weight excluding hydrogens is 184 g/mol. The van der Waals surface area contributed by atoms with Crippen LogP contribution in [0.25, 0.3) is 0 Å². The van der Waals surface area contributed by atoms with Gasteiger partial charge in [-0.1, -0.05) is 0 Å². The molecule has 0 unspecified atom stereocenters. The monoisotopic (exact) mass is 202 g/mol. The Bertz CT molecular complexity index is 204. The Balaban J connectivity index is 3.47. The largest absolute Gasteiger partial charge is 0.480 e. The van der Waals surface area contributed by atoms with Gasteiger partial charge < -0.3 is 15.3 Å². The fourth-order valence-electron chi connectivity index (χ4n) is 0.869. The van der Waals surface area contributed by atoms with Gasteiger partial charge in [-0.3, -0.25) is 9.59 Å². The summed E-state index contributed by atoms with van der Waals surface area (Å²) in [6.07, 6.45) is 1.11. The number of rotatable bonds is 6. The highest BCUT2D eigenvalue weighted by atomic mass is 16.4. The van der Waals surface area contributed by atoms with Crippen molar-refractivity contribution in [2.75, 3.05) is 20.6 Å². The Kier molecular flexibility index (Phi) is 5.87. The van der Waals surface area contributed by atoms with Gasteiger partial charge >= 0.3 is 5.97 Å². The summed E-state index contributed by atoms with van der Waals surface area (Å²) in [7, 11) is 3.41. The summed E-state index contributed by atoms with van der Waals surface area (Å²) in [4.78, 5) is 23.0. The highest BCUT2D eigenvalue weighted by Crippen LogP contribution is 1.92. The number of nitrogens with one attached hydrogen (secondary N) is 1. The standard InChI is InChI=1S/C9H18N2O3/c1-7(9(13)14)10-6-4-5-8(12)11(2)3/h7,10H,4-6H2,1-3H3,(H,13,14)/t7-/m1/s1. The van der Waals surface area contributed by atoms with E-state index in [4.69, 9.17) is 5.11 Å². The number of hydrogen-bond acceptors (Lipinski definition) is 3. The van der Waals surface area contributed by atoms with Gasteiger partial charge in [-0.05, 0) is 19.9 Å². The van der Waals surface area contributed by atoms with Crippen molar-refractivity contribution >= 4 is 11.9 Å². The molecule has 82 valence electrons. The van der Waals surface area contributed by atoms with E-state index in [0.717, 1.165) is 0 Å². The number of hydrogen-bond donors (Lipinski definition) is 2. The zero-order valence-corrected chi connectivity index (χ0v) is 8.91. The predicted molar refractivity (Wildman–Crippen MR) is 53.0 cm³/mol. The molecule has 5 heteroatoms. The number of carbonyl (C=O) groups excluding carboxylic acids is 1. The van der Waals surface area contributed by atoms with E-state index < -0.39 is 12.0 Å². The Morgan fingerprint density at radius 1 is 1.43 bits per heavy atom. The zero-order valence-electron chi connectivity index (χ0n) is 8.91. The Morgan fingerprint density at radius 2 is 2.00 bits per heavy atom. The lowest BCUT2D eigenvalue weighted by atomic mass is 10.2. The maximum atomic E-state index is 11.1. The molecule has 0 saturated carbocycles. The van der Waals surface area contributed by atoms with Crippen LogP contribution in [0, 0.1) is 0 Å². The van der Waals surface area contributed by atoms with Crippen molar-refractivity contribution in [2.24, 2.45) is 0 Å². The van der Waals surface area contributed by atoms with E-state index in [-0.39, 0.29) is 5.91 Å². The van der Waals surface area contributed by atoms with Crippen LogP contribution in [0.15, 0.2) is 0 Å². The molecule has 0 aliphatic carbocycles. The minimum absolute atomic E-state index is 0.0646. The van der Waals surface area contributed by atoms with Gasteiger partial charge in [0, 0.05) is 20.5 Å². The van der Waals surface area contributed by atoms with Crippen LogP contribution in [0.4, 0.5) is 0 Å². The summed E-state index contributed by atoms with van der Waals surface area (Å²) in [6.45, 7) is 2.13. The van der Waals surface area contributed by atoms with Crippen LogP contribution in [0.3, 0.4) is 0 Å². The normalized spacial score (nSPS) is 12.2. The van der Waals surface area contributed by atoms with Crippen molar-refractivity contribution in [2.45, 2.75) is 25.8 Å². The second-order valence-electron chi connectivity index (χ2n) is 3.41. The molecule has 0 aromatic rings. The van der Waals surface area contributed by atoms with Gasteiger partial charge in [-0.25, -0.2) is 0 Å². The fourth-order valence-corrected chi connectivity index (χ4v) is 0.869. The van der Waals surface area contributed by atoms with Crippen LogP contribution >= 0.6 is 0 Å². The molecular formula is C9H18N2O3. The lowest BCUT2D eigenvalue weighted by Gasteiger charge is -2.11. The number of aliphatic carboxylic acids is 1. The van der Waals surface area contributed by atoms with Gasteiger partial charge in [-0.2, -0.15) is 0 Å². The summed E-state index contributed by atoms with van der Waals surface area (Å²) in [5.41, 5.74) is 0. The molecule has 0 aromatic carbocycles. The van der Waals surface area contributed by atoms with Gasteiger partial charge in [0.2, 0.25) is 5.91 Å². The molecule has 2 N–H and O–H groups in total. The third kappa shape index (κ3) is 5.53. The number of carboxylic acid groups (broad SMARTS) is 1. The van der Waals surface area contributed by atoms with E-state index in [0.29, 0.717) is 19.4 Å². The summed E-state index contributed by atoms with van der Waals surface area (Å²) in [5, 5.41) is 11.3. The third-order valence-corrected chi connectivity index (χ3v) is 1.89. The van der Waals surface area contributed by atoms with Crippen molar-refractivity contribution in [3.8, 4) is 0 Å². The Hall–Kier alpha value is -1.10. The molecule has 1 atom stereocenters. The first kappa shape index (κ1) is 12.9. The molecule has 14 heavy (non-hydrogen) atoms. The smallest absolute Gasteiger partial charge is 0.320 e. The van der Waals surface area contributed by atoms with E-state index >= 15 is 0 Å². The Labute approximate surface area is 84.1 Å². The van der Waals surface area contributed by atoms with Crippen LogP contribution in [0.2, 0.25) is 0 Å². The average molecular weight is 202 g/mol.